The van der Waals surface area contributed by atoms with E-state index in [1.807, 2.05) is 0 Å². The molecule has 0 saturated carbocycles. The molecule has 1 N–H and O–H groups in total. The average Bonchev–Trinajstić information content (AvgIpc) is 3.32. The molecule has 26 heavy (non-hydrogen) atoms. The maximum Gasteiger partial charge on any atom is 0.244 e. The molecule has 140 valence electrons. The number of nitrogens with one attached hydrogen (secondary N) is 1. The van der Waals surface area contributed by atoms with Crippen LogP contribution >= 0.6 is 11.3 Å². The van der Waals surface area contributed by atoms with E-state index in [1.165, 1.54) is 48.1 Å². The number of hydrogen-bond acceptors (Lipinski definition) is 7. The summed E-state index contributed by atoms with van der Waals surface area (Å²) in [7, 11) is -0.933. The monoisotopic (exact) mass is 397 g/mol. The van der Waals surface area contributed by atoms with E-state index in [4.69, 9.17) is 9.47 Å². The molecule has 8 nitrogen and oxygen atoms in total. The van der Waals surface area contributed by atoms with Crippen LogP contribution < -0.4 is 14.8 Å². The van der Waals surface area contributed by atoms with Gasteiger partial charge in [0.15, 0.2) is 16.6 Å². The van der Waals surface area contributed by atoms with Gasteiger partial charge in [0.1, 0.15) is 6.04 Å². The Balaban J connectivity index is 1.87. The Hall–Kier alpha value is -2.17. The first-order valence-corrected chi connectivity index (χ1v) is 10.2. The fraction of sp³-hybridized carbons (Fsp3) is 0.375. The molecular weight excluding hydrogens is 378 g/mol. The third-order valence-corrected chi connectivity index (χ3v) is 6.72. The zero-order chi connectivity index (χ0) is 18.7. The standard InChI is InChI=1S/C16H19N3O5S2/c1-23-13-6-5-11(10-14(13)24-2)26(21,22)19-8-3-4-12(19)15(20)18-16-17-7-9-25-16/h5-7,9-10,12H,3-4,8H2,1-2H3,(H,17,18,20). The van der Waals surface area contributed by atoms with Gasteiger partial charge in [-0.25, -0.2) is 13.4 Å². The van der Waals surface area contributed by atoms with E-state index in [-0.39, 0.29) is 17.3 Å². The zero-order valence-corrected chi connectivity index (χ0v) is 16.0. The second-order valence-corrected chi connectivity index (χ2v) is 8.40. The quantitative estimate of drug-likeness (QED) is 0.800. The van der Waals surface area contributed by atoms with E-state index in [2.05, 4.69) is 10.3 Å². The second kappa shape index (κ2) is 7.60. The number of carbonyl (C=O) groups excluding carboxylic acids is 1. The molecule has 1 unspecified atom stereocenters. The second-order valence-electron chi connectivity index (χ2n) is 5.62. The van der Waals surface area contributed by atoms with Crippen LogP contribution in [0.1, 0.15) is 12.8 Å². The van der Waals surface area contributed by atoms with Gasteiger partial charge in [-0.1, -0.05) is 0 Å². The summed E-state index contributed by atoms with van der Waals surface area (Å²) < 4.78 is 37.7. The zero-order valence-electron chi connectivity index (χ0n) is 14.3. The number of ether oxygens (including phenoxy) is 2. The Morgan fingerprint density at radius 3 is 2.73 bits per heavy atom. The van der Waals surface area contributed by atoms with Crippen molar-refractivity contribution in [3.05, 3.63) is 29.8 Å². The summed E-state index contributed by atoms with van der Waals surface area (Å²) in [6.07, 6.45) is 2.65. The minimum atomic E-state index is -3.85. The van der Waals surface area contributed by atoms with Gasteiger partial charge in [-0.15, -0.1) is 11.3 Å². The third kappa shape index (κ3) is 3.53. The summed E-state index contributed by atoms with van der Waals surface area (Å²) in [5.74, 6) is 0.379. The van der Waals surface area contributed by atoms with Gasteiger partial charge >= 0.3 is 0 Å². The van der Waals surface area contributed by atoms with E-state index in [0.29, 0.717) is 29.5 Å². The molecule has 1 saturated heterocycles. The summed E-state index contributed by atoms with van der Waals surface area (Å²) in [4.78, 5) is 16.6. The highest BCUT2D eigenvalue weighted by atomic mass is 32.2. The summed E-state index contributed by atoms with van der Waals surface area (Å²) in [5, 5.41) is 4.86. The van der Waals surface area contributed by atoms with Crippen LogP contribution in [0, 0.1) is 0 Å². The summed E-state index contributed by atoms with van der Waals surface area (Å²) in [6.45, 7) is 0.284. The van der Waals surface area contributed by atoms with E-state index >= 15 is 0 Å². The molecule has 1 aromatic heterocycles. The number of sulfonamides is 1. The van der Waals surface area contributed by atoms with Gasteiger partial charge in [-0.05, 0) is 25.0 Å². The van der Waals surface area contributed by atoms with Crippen molar-refractivity contribution in [3.8, 4) is 11.5 Å². The van der Waals surface area contributed by atoms with Crippen molar-refractivity contribution >= 4 is 32.4 Å². The number of benzene rings is 1. The minimum Gasteiger partial charge on any atom is -0.493 e. The number of methoxy groups -OCH3 is 2. The molecule has 1 amide bonds. The molecule has 3 rings (SSSR count). The Morgan fingerprint density at radius 2 is 2.08 bits per heavy atom. The van der Waals surface area contributed by atoms with Crippen molar-refractivity contribution in [1.82, 2.24) is 9.29 Å². The van der Waals surface area contributed by atoms with Gasteiger partial charge in [0.05, 0.1) is 19.1 Å². The lowest BCUT2D eigenvalue weighted by Gasteiger charge is -2.23. The summed E-state index contributed by atoms with van der Waals surface area (Å²) in [6, 6.07) is 3.62. The number of amides is 1. The van der Waals surface area contributed by atoms with Gasteiger partial charge in [-0.3, -0.25) is 4.79 Å². The molecule has 2 aromatic rings. The third-order valence-electron chi connectivity index (χ3n) is 4.13. The molecule has 10 heteroatoms. The van der Waals surface area contributed by atoms with Crippen LogP contribution in [-0.4, -0.2) is 50.4 Å². The smallest absolute Gasteiger partial charge is 0.244 e. The number of carbonyl (C=O) groups is 1. The van der Waals surface area contributed by atoms with Crippen molar-refractivity contribution in [2.75, 3.05) is 26.1 Å². The molecule has 1 aromatic carbocycles. The molecule has 1 fully saturated rings. The summed E-state index contributed by atoms with van der Waals surface area (Å²) >= 11 is 1.28. The van der Waals surface area contributed by atoms with Crippen LogP contribution in [0.5, 0.6) is 11.5 Å². The highest BCUT2D eigenvalue weighted by molar-refractivity contribution is 7.89. The predicted molar refractivity (Wildman–Crippen MR) is 97.2 cm³/mol. The Kier molecular flexibility index (Phi) is 5.44. The first-order valence-electron chi connectivity index (χ1n) is 7.91. The maximum absolute atomic E-state index is 13.1. The van der Waals surface area contributed by atoms with Gasteiger partial charge in [0, 0.05) is 24.2 Å². The number of aromatic nitrogens is 1. The molecule has 1 atom stereocenters. The predicted octanol–water partition coefficient (Wildman–Crippen LogP) is 1.95. The Labute approximate surface area is 155 Å². The molecule has 0 spiro atoms. The van der Waals surface area contributed by atoms with Crippen molar-refractivity contribution in [2.45, 2.75) is 23.8 Å². The van der Waals surface area contributed by atoms with E-state index in [1.54, 1.807) is 11.6 Å². The van der Waals surface area contributed by atoms with Crippen LogP contribution in [0.4, 0.5) is 5.13 Å². The van der Waals surface area contributed by atoms with Crippen LogP contribution in [0.3, 0.4) is 0 Å². The first kappa shape index (κ1) is 18.6. The molecule has 0 aliphatic carbocycles. The molecule has 0 bridgehead atoms. The molecule has 0 radical (unpaired) electrons. The van der Waals surface area contributed by atoms with Crippen molar-refractivity contribution in [1.29, 1.82) is 0 Å². The number of nitrogens with zero attached hydrogens (tertiary/aromatic N) is 2. The lowest BCUT2D eigenvalue weighted by atomic mass is 10.2. The molecule has 2 heterocycles. The van der Waals surface area contributed by atoms with Gasteiger partial charge in [-0.2, -0.15) is 4.31 Å². The first-order chi connectivity index (χ1) is 12.5. The van der Waals surface area contributed by atoms with Crippen LogP contribution in [0.15, 0.2) is 34.7 Å². The van der Waals surface area contributed by atoms with Gasteiger partial charge in [0.2, 0.25) is 15.9 Å². The summed E-state index contributed by atoms with van der Waals surface area (Å²) in [5.41, 5.74) is 0. The maximum atomic E-state index is 13.1. The number of hydrogen-bond donors (Lipinski definition) is 1. The Bertz CT molecular complexity index is 883. The van der Waals surface area contributed by atoms with E-state index < -0.39 is 16.1 Å². The van der Waals surface area contributed by atoms with Crippen molar-refractivity contribution in [3.63, 3.8) is 0 Å². The fourth-order valence-electron chi connectivity index (χ4n) is 2.88. The molecule has 1 aliphatic rings. The number of anilines is 1. The van der Waals surface area contributed by atoms with Crippen LogP contribution in [0.2, 0.25) is 0 Å². The van der Waals surface area contributed by atoms with Crippen molar-refractivity contribution in [2.24, 2.45) is 0 Å². The van der Waals surface area contributed by atoms with E-state index in [0.717, 1.165) is 0 Å². The number of thiazole rings is 1. The molecular formula is C16H19N3O5S2. The largest absolute Gasteiger partial charge is 0.493 e. The minimum absolute atomic E-state index is 0.0594. The highest BCUT2D eigenvalue weighted by Crippen LogP contribution is 2.33. The van der Waals surface area contributed by atoms with E-state index in [9.17, 15) is 13.2 Å². The van der Waals surface area contributed by atoms with Crippen molar-refractivity contribution < 1.29 is 22.7 Å². The molecule has 1 aliphatic heterocycles. The Morgan fingerprint density at radius 1 is 1.31 bits per heavy atom. The lowest BCUT2D eigenvalue weighted by Crippen LogP contribution is -2.43. The van der Waals surface area contributed by atoms with Crippen LogP contribution in [-0.2, 0) is 14.8 Å². The lowest BCUT2D eigenvalue weighted by molar-refractivity contribution is -0.119. The topological polar surface area (TPSA) is 97.8 Å². The SMILES string of the molecule is COc1ccc(S(=O)(=O)N2CCCC2C(=O)Nc2nccs2)cc1OC. The normalized spacial score (nSPS) is 17.8. The average molecular weight is 397 g/mol. The number of rotatable bonds is 6. The fourth-order valence-corrected chi connectivity index (χ4v) is 5.08. The highest BCUT2D eigenvalue weighted by Gasteiger charge is 2.40. The van der Waals surface area contributed by atoms with Crippen LogP contribution in [0.25, 0.3) is 0 Å². The van der Waals surface area contributed by atoms with Gasteiger partial charge in [0.25, 0.3) is 0 Å². The van der Waals surface area contributed by atoms with Gasteiger partial charge < -0.3 is 14.8 Å².